The average Bonchev–Trinajstić information content (AvgIpc) is 2.34. The summed E-state index contributed by atoms with van der Waals surface area (Å²) in [5, 5.41) is 3.15. The van der Waals surface area contributed by atoms with Gasteiger partial charge in [-0.05, 0) is 45.9 Å². The van der Waals surface area contributed by atoms with Gasteiger partial charge >= 0.3 is 11.7 Å². The average molecular weight is 303 g/mol. The lowest BCUT2D eigenvalue weighted by atomic mass is 10.1. The molecule has 0 saturated heterocycles. The Morgan fingerprint density at radius 1 is 1.18 bits per heavy atom. The van der Waals surface area contributed by atoms with Crippen molar-refractivity contribution in [2.24, 2.45) is 0 Å². The molecule has 1 N–H and O–H groups in total. The number of ketones is 1. The molecule has 1 aromatic carbocycles. The van der Waals surface area contributed by atoms with Crippen LogP contribution in [0, 0.1) is 0 Å². The van der Waals surface area contributed by atoms with Gasteiger partial charge in [0.05, 0.1) is 0 Å². The normalized spacial score (nSPS) is 11.3. The summed E-state index contributed by atoms with van der Waals surface area (Å²) in [6.07, 6.45) is -0.602. The van der Waals surface area contributed by atoms with Gasteiger partial charge in [-0.25, -0.2) is 9.59 Å². The Morgan fingerprint density at radius 3 is 2.45 bits per heavy atom. The number of fused-ring (bicyclic) bond motifs is 1. The summed E-state index contributed by atoms with van der Waals surface area (Å²) in [6, 6.07) is 6.26. The third kappa shape index (κ3) is 3.72. The van der Waals surface area contributed by atoms with Gasteiger partial charge in [0, 0.05) is 17.1 Å². The number of carbonyl (C=O) groups excluding carboxylic acids is 2. The van der Waals surface area contributed by atoms with Gasteiger partial charge in [0.2, 0.25) is 0 Å². The predicted octanol–water partition coefficient (Wildman–Crippen LogP) is 3.34. The summed E-state index contributed by atoms with van der Waals surface area (Å²) in [7, 11) is 0. The molecule has 0 bridgehead atoms. The molecule has 0 aliphatic heterocycles. The maximum Gasteiger partial charge on any atom is 0.412 e. The molecule has 1 aromatic heterocycles. The molecule has 0 saturated carbocycles. The van der Waals surface area contributed by atoms with Crippen molar-refractivity contribution in [3.63, 3.8) is 0 Å². The molecule has 6 heteroatoms. The predicted molar refractivity (Wildman–Crippen MR) is 82.3 cm³/mol. The first-order valence-electron chi connectivity index (χ1n) is 6.74. The van der Waals surface area contributed by atoms with Crippen molar-refractivity contribution < 1.29 is 18.7 Å². The number of ether oxygens (including phenoxy) is 1. The Labute approximate surface area is 127 Å². The second-order valence-electron chi connectivity index (χ2n) is 5.88. The topological polar surface area (TPSA) is 85.6 Å². The van der Waals surface area contributed by atoms with Crippen LogP contribution in [0.4, 0.5) is 10.5 Å². The fraction of sp³-hybridized carbons (Fsp3) is 0.312. The van der Waals surface area contributed by atoms with Crippen molar-refractivity contribution in [2.45, 2.75) is 33.3 Å². The van der Waals surface area contributed by atoms with Crippen LogP contribution >= 0.6 is 0 Å². The largest absolute Gasteiger partial charge is 0.444 e. The molecular formula is C16H17NO5. The van der Waals surface area contributed by atoms with Crippen molar-refractivity contribution in [3.8, 4) is 0 Å². The summed E-state index contributed by atoms with van der Waals surface area (Å²) >= 11 is 0. The summed E-state index contributed by atoms with van der Waals surface area (Å²) in [5.41, 5.74) is -0.594. The van der Waals surface area contributed by atoms with Crippen molar-refractivity contribution in [3.05, 3.63) is 40.2 Å². The van der Waals surface area contributed by atoms with Gasteiger partial charge in [0.1, 0.15) is 16.7 Å². The van der Waals surface area contributed by atoms with E-state index in [4.69, 9.17) is 9.15 Å². The number of carbonyl (C=O) groups is 2. The van der Waals surface area contributed by atoms with Crippen LogP contribution in [0.15, 0.2) is 33.5 Å². The van der Waals surface area contributed by atoms with Crippen LogP contribution in [0.25, 0.3) is 11.0 Å². The van der Waals surface area contributed by atoms with Gasteiger partial charge in [0.15, 0.2) is 5.78 Å². The zero-order valence-corrected chi connectivity index (χ0v) is 12.9. The van der Waals surface area contributed by atoms with Crippen molar-refractivity contribution in [2.75, 3.05) is 5.32 Å². The number of Topliss-reactive ketones (excluding diaryl/α,β-unsaturated/α-hetero) is 1. The lowest BCUT2D eigenvalue weighted by Crippen LogP contribution is -2.27. The van der Waals surface area contributed by atoms with E-state index in [0.29, 0.717) is 11.1 Å². The highest BCUT2D eigenvalue weighted by Gasteiger charge is 2.16. The second kappa shape index (κ2) is 5.63. The monoisotopic (exact) mass is 303 g/mol. The fourth-order valence-electron chi connectivity index (χ4n) is 1.86. The number of benzene rings is 1. The quantitative estimate of drug-likeness (QED) is 0.679. The molecule has 2 rings (SSSR count). The van der Waals surface area contributed by atoms with E-state index < -0.39 is 17.3 Å². The number of anilines is 1. The Balaban J connectivity index is 2.31. The zero-order valence-electron chi connectivity index (χ0n) is 12.9. The van der Waals surface area contributed by atoms with Gasteiger partial charge in [-0.3, -0.25) is 10.1 Å². The summed E-state index contributed by atoms with van der Waals surface area (Å²) in [5.74, 6) is -0.355. The van der Waals surface area contributed by atoms with Crippen LogP contribution in [0.2, 0.25) is 0 Å². The maximum absolute atomic E-state index is 11.7. The van der Waals surface area contributed by atoms with Gasteiger partial charge < -0.3 is 9.15 Å². The van der Waals surface area contributed by atoms with Gasteiger partial charge in [-0.15, -0.1) is 0 Å². The van der Waals surface area contributed by atoms with Crippen LogP contribution in [-0.4, -0.2) is 17.5 Å². The molecule has 1 amide bonds. The lowest BCUT2D eigenvalue weighted by Gasteiger charge is -2.19. The number of hydrogen-bond donors (Lipinski definition) is 1. The van der Waals surface area contributed by atoms with E-state index >= 15 is 0 Å². The number of nitrogens with one attached hydrogen (secondary N) is 1. The summed E-state index contributed by atoms with van der Waals surface area (Å²) in [4.78, 5) is 34.7. The summed E-state index contributed by atoms with van der Waals surface area (Å²) < 4.78 is 10.2. The standard InChI is InChI=1S/C16H17NO5/c1-9(18)12-7-10-5-6-11(8-13(10)21-14(12)19)17-15(20)22-16(2,3)4/h5-8H,1-4H3,(H,17,20). The Morgan fingerprint density at radius 2 is 1.86 bits per heavy atom. The van der Waals surface area contributed by atoms with E-state index in [1.54, 1.807) is 32.9 Å². The molecule has 1 heterocycles. The van der Waals surface area contributed by atoms with Crippen LogP contribution in [0.1, 0.15) is 38.1 Å². The molecule has 0 atom stereocenters. The van der Waals surface area contributed by atoms with Crippen LogP contribution in [-0.2, 0) is 4.74 Å². The molecule has 22 heavy (non-hydrogen) atoms. The van der Waals surface area contributed by atoms with E-state index in [9.17, 15) is 14.4 Å². The lowest BCUT2D eigenvalue weighted by molar-refractivity contribution is 0.0635. The fourth-order valence-corrected chi connectivity index (χ4v) is 1.86. The highest BCUT2D eigenvalue weighted by Crippen LogP contribution is 2.20. The third-order valence-electron chi connectivity index (χ3n) is 2.76. The van der Waals surface area contributed by atoms with Crippen LogP contribution in [0.3, 0.4) is 0 Å². The van der Waals surface area contributed by atoms with E-state index in [1.165, 1.54) is 19.1 Å². The van der Waals surface area contributed by atoms with Crippen molar-refractivity contribution in [1.82, 2.24) is 0 Å². The Bertz CT molecular complexity index is 798. The highest BCUT2D eigenvalue weighted by atomic mass is 16.6. The molecule has 0 aliphatic rings. The van der Waals surface area contributed by atoms with Gasteiger partial charge in [-0.2, -0.15) is 0 Å². The highest BCUT2D eigenvalue weighted by molar-refractivity contribution is 5.97. The Kier molecular flexibility index (Phi) is 4.03. The zero-order chi connectivity index (χ0) is 16.5. The minimum absolute atomic E-state index is 0.000325. The number of amides is 1. The molecule has 0 aliphatic carbocycles. The molecule has 2 aromatic rings. The SMILES string of the molecule is CC(=O)c1cc2ccc(NC(=O)OC(C)(C)C)cc2oc1=O. The van der Waals surface area contributed by atoms with Crippen molar-refractivity contribution >= 4 is 28.5 Å². The van der Waals surface area contributed by atoms with Gasteiger partial charge in [0.25, 0.3) is 0 Å². The number of rotatable bonds is 2. The molecule has 0 unspecified atom stereocenters. The first-order valence-corrected chi connectivity index (χ1v) is 6.74. The van der Waals surface area contributed by atoms with Crippen LogP contribution in [0.5, 0.6) is 0 Å². The van der Waals surface area contributed by atoms with E-state index in [-0.39, 0.29) is 16.9 Å². The third-order valence-corrected chi connectivity index (χ3v) is 2.76. The van der Waals surface area contributed by atoms with E-state index in [2.05, 4.69) is 5.32 Å². The molecular weight excluding hydrogens is 286 g/mol. The minimum Gasteiger partial charge on any atom is -0.444 e. The molecule has 6 nitrogen and oxygen atoms in total. The number of hydrogen-bond acceptors (Lipinski definition) is 5. The minimum atomic E-state index is -0.700. The van der Waals surface area contributed by atoms with Gasteiger partial charge in [-0.1, -0.05) is 0 Å². The molecule has 0 spiro atoms. The smallest absolute Gasteiger partial charge is 0.412 e. The molecule has 0 radical (unpaired) electrons. The van der Waals surface area contributed by atoms with E-state index in [1.807, 2.05) is 0 Å². The first kappa shape index (κ1) is 15.8. The molecule has 116 valence electrons. The summed E-state index contributed by atoms with van der Waals surface area (Å²) in [6.45, 7) is 6.58. The maximum atomic E-state index is 11.7. The Hall–Kier alpha value is -2.63. The van der Waals surface area contributed by atoms with Crippen LogP contribution < -0.4 is 10.9 Å². The molecule has 0 fully saturated rings. The van der Waals surface area contributed by atoms with Crippen molar-refractivity contribution in [1.29, 1.82) is 0 Å². The first-order chi connectivity index (χ1) is 10.2. The van der Waals surface area contributed by atoms with E-state index in [0.717, 1.165) is 0 Å². The second-order valence-corrected chi connectivity index (χ2v) is 5.88.